The number of amides is 1. The summed E-state index contributed by atoms with van der Waals surface area (Å²) in [7, 11) is 0. The molecule has 0 unspecified atom stereocenters. The standard InChI is InChI=1S/C14H7Cl2F3N2O3/c15-10-3-2-8(6-9(10)14(17,18)19)20-13(22)7-1-4-12(21(23)24)11(16)5-7/h1-6H,(H,20,22). The van der Waals surface area contributed by atoms with Crippen molar-refractivity contribution in [1.29, 1.82) is 0 Å². The van der Waals surface area contributed by atoms with E-state index in [4.69, 9.17) is 23.2 Å². The number of hydrogen-bond acceptors (Lipinski definition) is 3. The van der Waals surface area contributed by atoms with Gasteiger partial charge in [0.15, 0.2) is 0 Å². The molecule has 10 heteroatoms. The van der Waals surface area contributed by atoms with Gasteiger partial charge in [0.2, 0.25) is 0 Å². The molecule has 0 aliphatic heterocycles. The SMILES string of the molecule is O=C(Nc1ccc(Cl)c(C(F)(F)F)c1)c1ccc([N+](=O)[O-])c(Cl)c1. The monoisotopic (exact) mass is 378 g/mol. The van der Waals surface area contributed by atoms with Crippen LogP contribution in [-0.2, 0) is 6.18 Å². The Labute approximate surface area is 143 Å². The molecule has 0 bridgehead atoms. The van der Waals surface area contributed by atoms with Gasteiger partial charge in [0.05, 0.1) is 15.5 Å². The molecule has 2 aromatic rings. The van der Waals surface area contributed by atoms with Crippen LogP contribution in [0.4, 0.5) is 24.5 Å². The van der Waals surface area contributed by atoms with Crippen LogP contribution in [0.2, 0.25) is 10.0 Å². The van der Waals surface area contributed by atoms with Crippen molar-refractivity contribution in [2.24, 2.45) is 0 Å². The summed E-state index contributed by atoms with van der Waals surface area (Å²) in [5.74, 6) is -0.776. The lowest BCUT2D eigenvalue weighted by Crippen LogP contribution is -2.13. The molecule has 1 amide bonds. The number of alkyl halides is 3. The third-order valence-corrected chi connectivity index (χ3v) is 3.57. The lowest BCUT2D eigenvalue weighted by atomic mass is 10.1. The second-order valence-corrected chi connectivity index (χ2v) is 5.38. The highest BCUT2D eigenvalue weighted by Gasteiger charge is 2.33. The van der Waals surface area contributed by atoms with Gasteiger partial charge in [-0.1, -0.05) is 23.2 Å². The number of benzene rings is 2. The van der Waals surface area contributed by atoms with Crippen LogP contribution in [0.15, 0.2) is 36.4 Å². The summed E-state index contributed by atoms with van der Waals surface area (Å²) >= 11 is 11.2. The van der Waals surface area contributed by atoms with E-state index in [-0.39, 0.29) is 22.0 Å². The van der Waals surface area contributed by atoms with Crippen molar-refractivity contribution in [3.05, 3.63) is 67.7 Å². The van der Waals surface area contributed by atoms with Gasteiger partial charge in [0.25, 0.3) is 11.6 Å². The van der Waals surface area contributed by atoms with Crippen molar-refractivity contribution in [3.8, 4) is 0 Å². The van der Waals surface area contributed by atoms with E-state index in [9.17, 15) is 28.1 Å². The predicted octanol–water partition coefficient (Wildman–Crippen LogP) is 5.17. The van der Waals surface area contributed by atoms with Crippen LogP contribution < -0.4 is 5.32 Å². The zero-order valence-electron chi connectivity index (χ0n) is 11.5. The molecule has 24 heavy (non-hydrogen) atoms. The van der Waals surface area contributed by atoms with E-state index in [1.54, 1.807) is 0 Å². The highest BCUT2D eigenvalue weighted by molar-refractivity contribution is 6.33. The van der Waals surface area contributed by atoms with E-state index >= 15 is 0 Å². The fourth-order valence-corrected chi connectivity index (χ4v) is 2.29. The number of rotatable bonds is 3. The molecule has 0 spiro atoms. The second kappa shape index (κ2) is 6.66. The lowest BCUT2D eigenvalue weighted by Gasteiger charge is -2.12. The molecule has 0 saturated carbocycles. The maximum absolute atomic E-state index is 12.8. The Hall–Kier alpha value is -2.32. The first kappa shape index (κ1) is 18.0. The molecule has 5 nitrogen and oxygen atoms in total. The molecule has 0 fully saturated rings. The summed E-state index contributed by atoms with van der Waals surface area (Å²) in [6.45, 7) is 0. The third kappa shape index (κ3) is 3.95. The van der Waals surface area contributed by atoms with E-state index < -0.39 is 27.6 Å². The molecule has 0 aliphatic carbocycles. The minimum atomic E-state index is -4.67. The number of hydrogen-bond donors (Lipinski definition) is 1. The number of carbonyl (C=O) groups excluding carboxylic acids is 1. The second-order valence-electron chi connectivity index (χ2n) is 4.57. The predicted molar refractivity (Wildman–Crippen MR) is 82.5 cm³/mol. The van der Waals surface area contributed by atoms with Crippen molar-refractivity contribution in [1.82, 2.24) is 0 Å². The average molecular weight is 379 g/mol. The fourth-order valence-electron chi connectivity index (χ4n) is 1.82. The van der Waals surface area contributed by atoms with E-state index in [2.05, 4.69) is 5.32 Å². The van der Waals surface area contributed by atoms with Gasteiger partial charge in [-0.2, -0.15) is 13.2 Å². The van der Waals surface area contributed by atoms with E-state index in [0.717, 1.165) is 24.3 Å². The molecular weight excluding hydrogens is 372 g/mol. The number of nitrogens with one attached hydrogen (secondary N) is 1. The Morgan fingerprint density at radius 2 is 1.75 bits per heavy atom. The van der Waals surface area contributed by atoms with E-state index in [0.29, 0.717) is 6.07 Å². The maximum atomic E-state index is 12.8. The first-order chi connectivity index (χ1) is 11.1. The van der Waals surface area contributed by atoms with Crippen LogP contribution in [0.5, 0.6) is 0 Å². The molecule has 0 saturated heterocycles. The van der Waals surface area contributed by atoms with Gasteiger partial charge in [-0.05, 0) is 30.3 Å². The van der Waals surface area contributed by atoms with E-state index in [1.165, 1.54) is 6.07 Å². The molecule has 0 atom stereocenters. The zero-order chi connectivity index (χ0) is 18.1. The minimum absolute atomic E-state index is 0.0471. The fraction of sp³-hybridized carbons (Fsp3) is 0.0714. The quantitative estimate of drug-likeness (QED) is 0.591. The average Bonchev–Trinajstić information content (AvgIpc) is 2.47. The highest BCUT2D eigenvalue weighted by Crippen LogP contribution is 2.36. The Morgan fingerprint density at radius 3 is 2.29 bits per heavy atom. The Balaban J connectivity index is 2.27. The highest BCUT2D eigenvalue weighted by atomic mass is 35.5. The zero-order valence-corrected chi connectivity index (χ0v) is 13.0. The van der Waals surface area contributed by atoms with Crippen molar-refractivity contribution in [3.63, 3.8) is 0 Å². The van der Waals surface area contributed by atoms with Gasteiger partial charge in [-0.15, -0.1) is 0 Å². The van der Waals surface area contributed by atoms with Gasteiger partial charge in [-0.25, -0.2) is 0 Å². The van der Waals surface area contributed by atoms with Crippen molar-refractivity contribution in [2.75, 3.05) is 5.32 Å². The Kier molecular flexibility index (Phi) is 5.00. The van der Waals surface area contributed by atoms with Crippen LogP contribution in [-0.4, -0.2) is 10.8 Å². The molecule has 0 heterocycles. The summed E-state index contributed by atoms with van der Waals surface area (Å²) in [4.78, 5) is 22.0. The van der Waals surface area contributed by atoms with E-state index in [1.807, 2.05) is 0 Å². The van der Waals surface area contributed by atoms with Crippen molar-refractivity contribution in [2.45, 2.75) is 6.18 Å². The first-order valence-corrected chi connectivity index (χ1v) is 6.97. The smallest absolute Gasteiger partial charge is 0.322 e. The van der Waals surface area contributed by atoms with Crippen LogP contribution in [0.25, 0.3) is 0 Å². The number of nitro benzene ring substituents is 1. The minimum Gasteiger partial charge on any atom is -0.322 e. The summed E-state index contributed by atoms with van der Waals surface area (Å²) in [5.41, 5.74) is -1.66. The van der Waals surface area contributed by atoms with Gasteiger partial charge in [0, 0.05) is 17.3 Å². The third-order valence-electron chi connectivity index (χ3n) is 2.94. The van der Waals surface area contributed by atoms with Gasteiger partial charge < -0.3 is 5.32 Å². The molecule has 2 rings (SSSR count). The normalized spacial score (nSPS) is 11.2. The molecule has 0 radical (unpaired) electrons. The molecule has 126 valence electrons. The first-order valence-electron chi connectivity index (χ1n) is 6.21. The van der Waals surface area contributed by atoms with Crippen molar-refractivity contribution < 1.29 is 22.9 Å². The summed E-state index contributed by atoms with van der Waals surface area (Å²) in [6, 6.07) is 6.11. The summed E-state index contributed by atoms with van der Waals surface area (Å²) in [6.07, 6.45) is -4.67. The number of anilines is 1. The number of nitro groups is 1. The molecule has 0 aromatic heterocycles. The summed E-state index contributed by atoms with van der Waals surface area (Å²) in [5, 5.41) is 12.1. The maximum Gasteiger partial charge on any atom is 0.417 e. The molecular formula is C14H7Cl2F3N2O3. The topological polar surface area (TPSA) is 72.2 Å². The summed E-state index contributed by atoms with van der Waals surface area (Å²) < 4.78 is 38.4. The van der Waals surface area contributed by atoms with Crippen LogP contribution in [0, 0.1) is 10.1 Å². The number of halogens is 5. The Morgan fingerprint density at radius 1 is 1.08 bits per heavy atom. The van der Waals surface area contributed by atoms with Crippen LogP contribution >= 0.6 is 23.2 Å². The largest absolute Gasteiger partial charge is 0.417 e. The van der Waals surface area contributed by atoms with Crippen LogP contribution in [0.1, 0.15) is 15.9 Å². The van der Waals surface area contributed by atoms with Gasteiger partial charge in [-0.3, -0.25) is 14.9 Å². The molecule has 1 N–H and O–H groups in total. The molecule has 2 aromatic carbocycles. The lowest BCUT2D eigenvalue weighted by molar-refractivity contribution is -0.384. The molecule has 0 aliphatic rings. The van der Waals surface area contributed by atoms with Gasteiger partial charge in [0.1, 0.15) is 5.02 Å². The number of nitrogens with zero attached hydrogens (tertiary/aromatic N) is 1. The van der Waals surface area contributed by atoms with Crippen molar-refractivity contribution >= 4 is 40.5 Å². The Bertz CT molecular complexity index is 825. The van der Waals surface area contributed by atoms with Gasteiger partial charge >= 0.3 is 6.18 Å². The number of carbonyl (C=O) groups is 1. The van der Waals surface area contributed by atoms with Crippen LogP contribution in [0.3, 0.4) is 0 Å².